The molecule has 1 aliphatic heterocycles. The van der Waals surface area contributed by atoms with Crippen LogP contribution in [0.3, 0.4) is 0 Å². The van der Waals surface area contributed by atoms with Crippen molar-refractivity contribution in [3.63, 3.8) is 0 Å². The van der Waals surface area contributed by atoms with Crippen molar-refractivity contribution in [2.24, 2.45) is 0 Å². The summed E-state index contributed by atoms with van der Waals surface area (Å²) in [4.78, 5) is 24.0. The van der Waals surface area contributed by atoms with Crippen LogP contribution in [0.25, 0.3) is 0 Å². The van der Waals surface area contributed by atoms with E-state index in [1.807, 2.05) is 0 Å². The highest BCUT2D eigenvalue weighted by molar-refractivity contribution is 5.67. The number of unbranched alkanes of at least 4 members (excludes halogenated alkanes) is 15. The predicted molar refractivity (Wildman–Crippen MR) is 164 cm³/mol. The summed E-state index contributed by atoms with van der Waals surface area (Å²) in [6, 6.07) is 0. The Morgan fingerprint density at radius 3 is 1.51 bits per heavy atom. The fourth-order valence-corrected chi connectivity index (χ4v) is 5.41. The summed E-state index contributed by atoms with van der Waals surface area (Å²) >= 11 is 0. The fraction of sp³-hybridized carbons (Fsp3) is 0.938. The zero-order valence-corrected chi connectivity index (χ0v) is 29.0. The second kappa shape index (κ2) is 28.0. The molecule has 41 heavy (non-hydrogen) atoms. The molecule has 0 aromatic heterocycles. The summed E-state index contributed by atoms with van der Waals surface area (Å²) in [7, 11) is 3.76. The van der Waals surface area contributed by atoms with Crippen LogP contribution in [0, 0.1) is 0 Å². The van der Waals surface area contributed by atoms with E-state index in [1.165, 1.54) is 129 Å². The lowest BCUT2D eigenvalue weighted by atomic mass is 10.0. The first-order valence-corrected chi connectivity index (χ1v) is 16.7. The molecule has 0 spiro atoms. The maximum Gasteiger partial charge on any atom is 0.407 e. The number of nitrogens with zero attached hydrogens (tertiary/aromatic N) is 1. The molecule has 1 unspecified atom stereocenters. The average Bonchev–Trinajstić information content (AvgIpc) is 2.95. The van der Waals surface area contributed by atoms with Crippen LogP contribution in [-0.4, -0.2) is 82.9 Å². The van der Waals surface area contributed by atoms with E-state index in [0.717, 1.165) is 23.9 Å². The summed E-state index contributed by atoms with van der Waals surface area (Å²) in [5.74, 6) is 0. The van der Waals surface area contributed by atoms with Crippen molar-refractivity contribution in [1.29, 1.82) is 0 Å². The van der Waals surface area contributed by atoms with E-state index in [-0.39, 0.29) is 37.2 Å². The molecule has 0 bridgehead atoms. The summed E-state index contributed by atoms with van der Waals surface area (Å²) in [6.07, 6.45) is 23.7. The Balaban J connectivity index is 0.0000160. The number of likely N-dealkylation sites (N-methyl/N-ethyl adjacent to an activating group) is 1. The lowest BCUT2D eigenvalue weighted by Gasteiger charge is -2.37. The molecular weight excluding hydrogens is 633 g/mol. The Morgan fingerprint density at radius 1 is 0.659 bits per heavy atom. The SMILES string of the molecule is CCCCCCCCCCCCCCCCCCNC(=O)OCC(COC(=O)NCC[N+]1(C)CCCCC1)OC.[I-]. The van der Waals surface area contributed by atoms with Crippen molar-refractivity contribution in [3.05, 3.63) is 0 Å². The quantitative estimate of drug-likeness (QED) is 0.0843. The number of hydrogen-bond donors (Lipinski definition) is 2. The first kappa shape index (κ1) is 40.2. The number of methoxy groups -OCH3 is 1. The molecule has 0 saturated carbocycles. The van der Waals surface area contributed by atoms with Gasteiger partial charge in [-0.1, -0.05) is 103 Å². The number of likely N-dealkylation sites (tertiary alicyclic amines) is 1. The molecule has 0 aliphatic carbocycles. The minimum atomic E-state index is -0.487. The van der Waals surface area contributed by atoms with Crippen molar-refractivity contribution in [1.82, 2.24) is 10.6 Å². The van der Waals surface area contributed by atoms with Gasteiger partial charge in [-0.05, 0) is 25.7 Å². The molecule has 1 fully saturated rings. The molecule has 2 amide bonds. The lowest BCUT2D eigenvalue weighted by molar-refractivity contribution is -0.912. The maximum atomic E-state index is 12.0. The van der Waals surface area contributed by atoms with Crippen molar-refractivity contribution in [3.8, 4) is 0 Å². The van der Waals surface area contributed by atoms with Gasteiger partial charge in [0.25, 0.3) is 0 Å². The topological polar surface area (TPSA) is 85.9 Å². The molecule has 244 valence electrons. The van der Waals surface area contributed by atoms with Crippen LogP contribution in [-0.2, 0) is 14.2 Å². The van der Waals surface area contributed by atoms with Gasteiger partial charge >= 0.3 is 12.2 Å². The fourth-order valence-electron chi connectivity index (χ4n) is 5.41. The third-order valence-corrected chi connectivity index (χ3v) is 8.25. The highest BCUT2D eigenvalue weighted by Gasteiger charge is 2.24. The minimum Gasteiger partial charge on any atom is -1.00 e. The van der Waals surface area contributed by atoms with E-state index >= 15 is 0 Å². The molecule has 1 atom stereocenters. The molecule has 1 aliphatic rings. The van der Waals surface area contributed by atoms with E-state index in [9.17, 15) is 9.59 Å². The number of hydrogen-bond acceptors (Lipinski definition) is 5. The van der Waals surface area contributed by atoms with Crippen molar-refractivity contribution in [2.45, 2.75) is 135 Å². The molecule has 0 aromatic rings. The van der Waals surface area contributed by atoms with Crippen LogP contribution in [0.2, 0.25) is 0 Å². The number of carbonyl (C=O) groups is 2. The molecule has 1 heterocycles. The Morgan fingerprint density at radius 2 is 1.07 bits per heavy atom. The third kappa shape index (κ3) is 24.3. The number of nitrogens with one attached hydrogen (secondary N) is 2. The van der Waals surface area contributed by atoms with E-state index in [2.05, 4.69) is 24.6 Å². The van der Waals surface area contributed by atoms with Gasteiger partial charge in [0.1, 0.15) is 19.3 Å². The Hall–Kier alpha value is -0.810. The molecule has 0 aromatic carbocycles. The number of halogens is 1. The molecule has 9 heteroatoms. The van der Waals surface area contributed by atoms with Gasteiger partial charge in [-0.3, -0.25) is 0 Å². The average molecular weight is 698 g/mol. The van der Waals surface area contributed by atoms with Crippen molar-refractivity contribution < 1.29 is 52.3 Å². The first-order valence-electron chi connectivity index (χ1n) is 16.7. The smallest absolute Gasteiger partial charge is 0.407 e. The van der Waals surface area contributed by atoms with Gasteiger partial charge in [0.15, 0.2) is 0 Å². The molecule has 1 saturated heterocycles. The van der Waals surface area contributed by atoms with Gasteiger partial charge in [0, 0.05) is 13.7 Å². The predicted octanol–water partition coefficient (Wildman–Crippen LogP) is 4.35. The lowest BCUT2D eigenvalue weighted by Crippen LogP contribution is -3.00. The number of alkyl carbamates (subject to hydrolysis) is 2. The van der Waals surface area contributed by atoms with Gasteiger partial charge in [-0.2, -0.15) is 0 Å². The van der Waals surface area contributed by atoms with Gasteiger partial charge in [-0.25, -0.2) is 9.59 Å². The minimum absolute atomic E-state index is 0. The second-order valence-electron chi connectivity index (χ2n) is 12.1. The summed E-state index contributed by atoms with van der Waals surface area (Å²) < 4.78 is 16.8. The largest absolute Gasteiger partial charge is 1.00 e. The number of rotatable bonds is 25. The third-order valence-electron chi connectivity index (χ3n) is 8.25. The zero-order chi connectivity index (χ0) is 29.2. The number of quaternary nitrogens is 1. The van der Waals surface area contributed by atoms with Crippen LogP contribution in [0.5, 0.6) is 0 Å². The number of amides is 2. The zero-order valence-electron chi connectivity index (χ0n) is 26.8. The maximum absolute atomic E-state index is 12.0. The van der Waals surface area contributed by atoms with Crippen LogP contribution in [0.4, 0.5) is 9.59 Å². The number of carbonyl (C=O) groups excluding carboxylic acids is 2. The molecule has 1 rings (SSSR count). The molecular formula is C32H64IN3O5. The molecule has 8 nitrogen and oxygen atoms in total. The van der Waals surface area contributed by atoms with Gasteiger partial charge in [0.05, 0.1) is 33.2 Å². The normalized spacial score (nSPS) is 15.0. The van der Waals surface area contributed by atoms with Crippen LogP contribution < -0.4 is 34.6 Å². The Bertz CT molecular complexity index is 620. The summed E-state index contributed by atoms with van der Waals surface area (Å²) in [5, 5.41) is 5.62. The van der Waals surface area contributed by atoms with Crippen LogP contribution in [0.1, 0.15) is 129 Å². The monoisotopic (exact) mass is 697 g/mol. The van der Waals surface area contributed by atoms with E-state index in [0.29, 0.717) is 13.1 Å². The van der Waals surface area contributed by atoms with E-state index in [1.54, 1.807) is 0 Å². The van der Waals surface area contributed by atoms with Gasteiger partial charge in [-0.15, -0.1) is 0 Å². The summed E-state index contributed by atoms with van der Waals surface area (Å²) in [6.45, 7) is 6.81. The first-order chi connectivity index (χ1) is 19.5. The van der Waals surface area contributed by atoms with E-state index in [4.69, 9.17) is 14.2 Å². The highest BCUT2D eigenvalue weighted by Crippen LogP contribution is 2.15. The molecule has 2 N–H and O–H groups in total. The summed E-state index contributed by atoms with van der Waals surface area (Å²) in [5.41, 5.74) is 0. The number of piperidine rings is 1. The second-order valence-corrected chi connectivity index (χ2v) is 12.1. The Labute approximate surface area is 269 Å². The van der Waals surface area contributed by atoms with Crippen LogP contribution in [0.15, 0.2) is 0 Å². The van der Waals surface area contributed by atoms with Gasteiger partial charge in [0.2, 0.25) is 0 Å². The Kier molecular flexibility index (Phi) is 27.4. The van der Waals surface area contributed by atoms with Gasteiger partial charge < -0.3 is 53.3 Å². The van der Waals surface area contributed by atoms with Crippen molar-refractivity contribution in [2.75, 3.05) is 60.1 Å². The number of ether oxygens (including phenoxy) is 3. The molecule has 0 radical (unpaired) electrons. The highest BCUT2D eigenvalue weighted by atomic mass is 127. The van der Waals surface area contributed by atoms with Crippen LogP contribution >= 0.6 is 0 Å². The standard InChI is InChI=1S/C32H63N3O5.HI/c1-4-5-6-7-8-9-10-11-12-13-14-15-16-17-18-20-23-33-31(36)39-28-30(38-3)29-40-32(37)34-24-27-35(2)25-21-19-22-26-35;/h30H,4-29H2,1-3H3,(H-,33,34,36,37);1H. The van der Waals surface area contributed by atoms with E-state index < -0.39 is 18.3 Å². The van der Waals surface area contributed by atoms with Crippen molar-refractivity contribution >= 4 is 12.2 Å².